The molecule has 2 aromatic carbocycles. The predicted octanol–water partition coefficient (Wildman–Crippen LogP) is 3.32. The quantitative estimate of drug-likeness (QED) is 0.753. The Hall–Kier alpha value is -2.04. The SMILES string of the molecule is O=C(Cc1nc2ccccc2s1)c1ccc2c(c1)CNC2. The normalized spacial score (nSPS) is 13.5. The lowest BCUT2D eigenvalue weighted by Crippen LogP contribution is -2.04. The van der Waals surface area contributed by atoms with Crippen molar-refractivity contribution < 1.29 is 4.79 Å². The van der Waals surface area contributed by atoms with Gasteiger partial charge in [0, 0.05) is 18.7 Å². The zero-order valence-corrected chi connectivity index (χ0v) is 12.2. The Morgan fingerprint density at radius 2 is 2.00 bits per heavy atom. The second-order valence-corrected chi connectivity index (χ2v) is 6.38. The number of nitrogens with one attached hydrogen (secondary N) is 1. The molecule has 104 valence electrons. The number of carbonyl (C=O) groups is 1. The van der Waals surface area contributed by atoms with Crippen LogP contribution >= 0.6 is 11.3 Å². The van der Waals surface area contributed by atoms with Crippen LogP contribution in [0.3, 0.4) is 0 Å². The van der Waals surface area contributed by atoms with Crippen LogP contribution in [-0.2, 0) is 19.5 Å². The lowest BCUT2D eigenvalue weighted by molar-refractivity contribution is 0.0993. The van der Waals surface area contributed by atoms with E-state index in [1.165, 1.54) is 11.1 Å². The van der Waals surface area contributed by atoms with Gasteiger partial charge in [-0.3, -0.25) is 4.79 Å². The molecule has 0 amide bonds. The van der Waals surface area contributed by atoms with Crippen molar-refractivity contribution >= 4 is 27.3 Å². The first-order valence-corrected chi connectivity index (χ1v) is 7.81. The Morgan fingerprint density at radius 3 is 2.90 bits per heavy atom. The number of rotatable bonds is 3. The Kier molecular flexibility index (Phi) is 3.05. The summed E-state index contributed by atoms with van der Waals surface area (Å²) in [6.45, 7) is 1.76. The van der Waals surface area contributed by atoms with Crippen molar-refractivity contribution in [1.29, 1.82) is 0 Å². The molecule has 0 fully saturated rings. The lowest BCUT2D eigenvalue weighted by atomic mass is 10.0. The molecule has 1 aliphatic rings. The second kappa shape index (κ2) is 5.06. The fourth-order valence-corrected chi connectivity index (χ4v) is 3.67. The summed E-state index contributed by atoms with van der Waals surface area (Å²) in [5, 5.41) is 4.19. The number of hydrogen-bond donors (Lipinski definition) is 1. The van der Waals surface area contributed by atoms with Crippen molar-refractivity contribution in [3.8, 4) is 0 Å². The fourth-order valence-electron chi connectivity index (χ4n) is 2.70. The van der Waals surface area contributed by atoms with E-state index in [4.69, 9.17) is 0 Å². The molecule has 0 bridgehead atoms. The predicted molar refractivity (Wildman–Crippen MR) is 84.6 cm³/mol. The standard InChI is InChI=1S/C17H14N2OS/c20-15(11-5-6-12-9-18-10-13(12)7-11)8-17-19-14-3-1-2-4-16(14)21-17/h1-7,18H,8-10H2. The average Bonchev–Trinajstić information content (AvgIpc) is 3.11. The van der Waals surface area contributed by atoms with Crippen molar-refractivity contribution in [3.63, 3.8) is 0 Å². The lowest BCUT2D eigenvalue weighted by Gasteiger charge is -2.02. The number of hydrogen-bond acceptors (Lipinski definition) is 4. The molecule has 0 saturated carbocycles. The van der Waals surface area contributed by atoms with E-state index < -0.39 is 0 Å². The molecule has 1 aliphatic heterocycles. The summed E-state index contributed by atoms with van der Waals surface area (Å²) in [6.07, 6.45) is 0.381. The minimum absolute atomic E-state index is 0.142. The average molecular weight is 294 g/mol. The summed E-state index contributed by atoms with van der Waals surface area (Å²) < 4.78 is 1.14. The summed E-state index contributed by atoms with van der Waals surface area (Å²) >= 11 is 1.60. The number of nitrogens with zero attached hydrogens (tertiary/aromatic N) is 1. The van der Waals surface area contributed by atoms with Crippen molar-refractivity contribution in [1.82, 2.24) is 10.3 Å². The van der Waals surface area contributed by atoms with Crippen molar-refractivity contribution in [2.24, 2.45) is 0 Å². The molecular formula is C17H14N2OS. The van der Waals surface area contributed by atoms with Gasteiger partial charge in [-0.2, -0.15) is 0 Å². The van der Waals surface area contributed by atoms with Gasteiger partial charge in [-0.25, -0.2) is 4.98 Å². The number of fused-ring (bicyclic) bond motifs is 2. The third-order valence-electron chi connectivity index (χ3n) is 3.81. The maximum Gasteiger partial charge on any atom is 0.169 e. The third kappa shape index (κ3) is 2.37. The number of para-hydroxylation sites is 1. The van der Waals surface area contributed by atoms with Crippen LogP contribution in [0.2, 0.25) is 0 Å². The largest absolute Gasteiger partial charge is 0.309 e. The van der Waals surface area contributed by atoms with Crippen molar-refractivity contribution in [3.05, 3.63) is 64.2 Å². The molecule has 21 heavy (non-hydrogen) atoms. The van der Waals surface area contributed by atoms with E-state index in [-0.39, 0.29) is 5.78 Å². The maximum absolute atomic E-state index is 12.4. The van der Waals surface area contributed by atoms with E-state index in [1.807, 2.05) is 36.4 Å². The molecule has 0 aliphatic carbocycles. The Labute approximate surface area is 126 Å². The summed E-state index contributed by atoms with van der Waals surface area (Å²) in [7, 11) is 0. The highest BCUT2D eigenvalue weighted by molar-refractivity contribution is 7.18. The highest BCUT2D eigenvalue weighted by Gasteiger charge is 2.15. The van der Waals surface area contributed by atoms with E-state index in [0.29, 0.717) is 6.42 Å². The molecule has 0 spiro atoms. The number of benzene rings is 2. The minimum atomic E-state index is 0.142. The minimum Gasteiger partial charge on any atom is -0.309 e. The highest BCUT2D eigenvalue weighted by Crippen LogP contribution is 2.23. The highest BCUT2D eigenvalue weighted by atomic mass is 32.1. The van der Waals surface area contributed by atoms with Gasteiger partial charge in [0.25, 0.3) is 0 Å². The molecule has 0 radical (unpaired) electrons. The van der Waals surface area contributed by atoms with Crippen molar-refractivity contribution in [2.45, 2.75) is 19.5 Å². The first kappa shape index (κ1) is 12.7. The van der Waals surface area contributed by atoms with E-state index in [1.54, 1.807) is 11.3 Å². The van der Waals surface area contributed by atoms with Gasteiger partial charge < -0.3 is 5.32 Å². The van der Waals surface area contributed by atoms with E-state index in [2.05, 4.69) is 16.4 Å². The van der Waals surface area contributed by atoms with E-state index in [0.717, 1.165) is 33.9 Å². The molecule has 3 nitrogen and oxygen atoms in total. The van der Waals surface area contributed by atoms with Crippen LogP contribution in [0, 0.1) is 0 Å². The summed E-state index contributed by atoms with van der Waals surface area (Å²) in [4.78, 5) is 17.0. The number of thiazole rings is 1. The molecule has 0 saturated heterocycles. The van der Waals surface area contributed by atoms with Crippen LogP contribution in [0.1, 0.15) is 26.5 Å². The molecule has 4 rings (SSSR count). The van der Waals surface area contributed by atoms with Crippen LogP contribution in [0.4, 0.5) is 0 Å². The van der Waals surface area contributed by atoms with E-state index >= 15 is 0 Å². The van der Waals surface area contributed by atoms with Gasteiger partial charge in [0.05, 0.1) is 16.6 Å². The summed E-state index contributed by atoms with van der Waals surface area (Å²) in [6, 6.07) is 14.0. The van der Waals surface area contributed by atoms with Gasteiger partial charge in [0.1, 0.15) is 5.01 Å². The second-order valence-electron chi connectivity index (χ2n) is 5.26. The molecule has 0 unspecified atom stereocenters. The van der Waals surface area contributed by atoms with Gasteiger partial charge in [0.15, 0.2) is 5.78 Å². The van der Waals surface area contributed by atoms with Crippen molar-refractivity contribution in [2.75, 3.05) is 0 Å². The summed E-state index contributed by atoms with van der Waals surface area (Å²) in [5.74, 6) is 0.142. The Bertz CT molecular complexity index is 805. The molecule has 2 heterocycles. The van der Waals surface area contributed by atoms with Crippen LogP contribution in [0.5, 0.6) is 0 Å². The molecule has 1 N–H and O–H groups in total. The van der Waals surface area contributed by atoms with Gasteiger partial charge in [0.2, 0.25) is 0 Å². The van der Waals surface area contributed by atoms with Crippen LogP contribution < -0.4 is 5.32 Å². The smallest absolute Gasteiger partial charge is 0.169 e. The number of ketones is 1. The monoisotopic (exact) mass is 294 g/mol. The van der Waals surface area contributed by atoms with Crippen LogP contribution in [-0.4, -0.2) is 10.8 Å². The third-order valence-corrected chi connectivity index (χ3v) is 4.85. The summed E-state index contributed by atoms with van der Waals surface area (Å²) in [5.41, 5.74) is 4.30. The van der Waals surface area contributed by atoms with Gasteiger partial charge in [-0.05, 0) is 29.3 Å². The first-order chi connectivity index (χ1) is 10.3. The number of aromatic nitrogens is 1. The van der Waals surface area contributed by atoms with Crippen LogP contribution in [0.25, 0.3) is 10.2 Å². The Morgan fingerprint density at radius 1 is 1.14 bits per heavy atom. The van der Waals surface area contributed by atoms with Gasteiger partial charge in [-0.1, -0.05) is 24.3 Å². The maximum atomic E-state index is 12.4. The van der Waals surface area contributed by atoms with E-state index in [9.17, 15) is 4.79 Å². The van der Waals surface area contributed by atoms with Crippen LogP contribution in [0.15, 0.2) is 42.5 Å². The first-order valence-electron chi connectivity index (χ1n) is 7.00. The molecule has 3 aromatic rings. The molecule has 4 heteroatoms. The number of carbonyl (C=O) groups excluding carboxylic acids is 1. The number of Topliss-reactive ketones (excluding diaryl/α,β-unsaturated/α-hetero) is 1. The zero-order chi connectivity index (χ0) is 14.2. The molecule has 0 atom stereocenters. The van der Waals surface area contributed by atoms with Gasteiger partial charge >= 0.3 is 0 Å². The fraction of sp³-hybridized carbons (Fsp3) is 0.176. The topological polar surface area (TPSA) is 42.0 Å². The van der Waals surface area contributed by atoms with Gasteiger partial charge in [-0.15, -0.1) is 11.3 Å². The Balaban J connectivity index is 1.60. The zero-order valence-electron chi connectivity index (χ0n) is 11.4. The molecule has 1 aromatic heterocycles. The molecular weight excluding hydrogens is 280 g/mol.